The fraction of sp³-hybridized carbons (Fsp3) is 0.265. The normalized spacial score (nSPS) is 20.3. The van der Waals surface area contributed by atoms with Crippen molar-refractivity contribution in [2.45, 2.75) is 37.1 Å². The Kier molecular flexibility index (Phi) is 6.27. The van der Waals surface area contributed by atoms with Crippen LogP contribution in [0.1, 0.15) is 45.5 Å². The van der Waals surface area contributed by atoms with Gasteiger partial charge >= 0.3 is 0 Å². The average Bonchev–Trinajstić information content (AvgIpc) is 3.59. The Balaban J connectivity index is 1.13. The first-order valence-electron chi connectivity index (χ1n) is 14.5. The summed E-state index contributed by atoms with van der Waals surface area (Å²) in [6, 6.07) is 18.8. The van der Waals surface area contributed by atoms with E-state index >= 15 is 0 Å². The first kappa shape index (κ1) is 26.8. The molecule has 1 fully saturated rings. The Labute approximate surface area is 248 Å². The Morgan fingerprint density at radius 2 is 1.88 bits per heavy atom. The first-order chi connectivity index (χ1) is 20.8. The van der Waals surface area contributed by atoms with Crippen LogP contribution < -0.4 is 10.2 Å². The largest absolute Gasteiger partial charge is 0.339 e. The lowest BCUT2D eigenvalue weighted by Crippen LogP contribution is -2.53. The van der Waals surface area contributed by atoms with Gasteiger partial charge in [-0.15, -0.1) is 0 Å². The Morgan fingerprint density at radius 3 is 2.70 bits per heavy atom. The summed E-state index contributed by atoms with van der Waals surface area (Å²) in [6.45, 7) is 2.60. The SMILES string of the molecule is Cc1cccc2c1C1(CCN(C(=O)c3ccc4[nH]ncc4c3)CC1)C(=O)N2CC(=O)NC1(C=O)C=CCc2ccccc21. The maximum absolute atomic E-state index is 14.3. The molecule has 3 aliphatic rings. The van der Waals surface area contributed by atoms with Crippen molar-refractivity contribution >= 4 is 40.6 Å². The van der Waals surface area contributed by atoms with Crippen LogP contribution in [0.5, 0.6) is 0 Å². The minimum absolute atomic E-state index is 0.0791. The number of carbonyl (C=O) groups excluding carboxylic acids is 4. The quantitative estimate of drug-likeness (QED) is 0.279. The molecule has 0 bridgehead atoms. The number of nitrogens with one attached hydrogen (secondary N) is 2. The van der Waals surface area contributed by atoms with Gasteiger partial charge in [0.2, 0.25) is 11.8 Å². The molecule has 3 aromatic carbocycles. The van der Waals surface area contributed by atoms with Crippen LogP contribution in [-0.4, -0.2) is 58.7 Å². The van der Waals surface area contributed by atoms with E-state index < -0.39 is 16.9 Å². The molecule has 1 saturated heterocycles. The highest BCUT2D eigenvalue weighted by Gasteiger charge is 2.53. The molecule has 3 amide bonds. The van der Waals surface area contributed by atoms with Gasteiger partial charge in [-0.2, -0.15) is 5.10 Å². The van der Waals surface area contributed by atoms with Gasteiger partial charge in [0.15, 0.2) is 6.29 Å². The zero-order chi connectivity index (χ0) is 29.8. The highest BCUT2D eigenvalue weighted by molar-refractivity contribution is 6.11. The fourth-order valence-corrected chi connectivity index (χ4v) is 7.16. The van der Waals surface area contributed by atoms with Crippen molar-refractivity contribution in [3.63, 3.8) is 0 Å². The Hall–Kier alpha value is -5.05. The lowest BCUT2D eigenvalue weighted by Gasteiger charge is -2.39. The number of aryl methyl sites for hydroxylation is 1. The van der Waals surface area contributed by atoms with Crippen LogP contribution in [0, 0.1) is 6.92 Å². The lowest BCUT2D eigenvalue weighted by molar-refractivity contribution is -0.128. The number of aromatic amines is 1. The third-order valence-corrected chi connectivity index (χ3v) is 9.28. The number of benzene rings is 3. The predicted octanol–water partition coefficient (Wildman–Crippen LogP) is 3.71. The molecule has 1 spiro atoms. The van der Waals surface area contributed by atoms with Crippen molar-refractivity contribution in [2.24, 2.45) is 0 Å². The summed E-state index contributed by atoms with van der Waals surface area (Å²) in [5.74, 6) is -0.642. The number of hydrogen-bond donors (Lipinski definition) is 2. The average molecular weight is 574 g/mol. The van der Waals surface area contributed by atoms with Crippen LogP contribution in [0.4, 0.5) is 5.69 Å². The summed E-state index contributed by atoms with van der Waals surface area (Å²) in [5.41, 5.74) is 3.67. The molecule has 3 heterocycles. The van der Waals surface area contributed by atoms with Gasteiger partial charge in [0.05, 0.1) is 17.1 Å². The number of aromatic nitrogens is 2. The molecule has 4 aromatic rings. The van der Waals surface area contributed by atoms with Gasteiger partial charge in [0.1, 0.15) is 12.1 Å². The van der Waals surface area contributed by atoms with Crippen LogP contribution in [0.2, 0.25) is 0 Å². The molecule has 43 heavy (non-hydrogen) atoms. The molecule has 9 nitrogen and oxygen atoms in total. The van der Waals surface area contributed by atoms with E-state index in [1.807, 2.05) is 67.6 Å². The number of nitrogens with zero attached hydrogens (tertiary/aromatic N) is 3. The number of carbonyl (C=O) groups is 4. The van der Waals surface area contributed by atoms with Crippen molar-refractivity contribution in [1.29, 1.82) is 0 Å². The number of hydrogen-bond acceptors (Lipinski definition) is 5. The predicted molar refractivity (Wildman–Crippen MR) is 162 cm³/mol. The number of amides is 3. The Bertz CT molecular complexity index is 1830. The van der Waals surface area contributed by atoms with Crippen LogP contribution in [-0.2, 0) is 31.8 Å². The molecule has 2 N–H and O–H groups in total. The van der Waals surface area contributed by atoms with Crippen molar-refractivity contribution in [3.05, 3.63) is 107 Å². The van der Waals surface area contributed by atoms with Gasteiger partial charge in [-0.25, -0.2) is 0 Å². The third kappa shape index (κ3) is 4.18. The maximum Gasteiger partial charge on any atom is 0.253 e. The summed E-state index contributed by atoms with van der Waals surface area (Å²) >= 11 is 0. The van der Waals surface area contributed by atoms with E-state index in [0.717, 1.165) is 39.4 Å². The standard InChI is InChI=1S/C34H31N5O4/c1-22-6-4-10-28-30(22)33(14-16-38(17-15-33)31(42)24-11-12-27-25(18-24)19-35-37-27)32(43)39(28)20-29(41)36-34(21-40)13-5-8-23-7-2-3-9-26(23)34/h2-7,9-13,18-19,21H,8,14-17,20H2,1H3,(H,35,37)(H,36,41). The molecule has 1 aromatic heterocycles. The smallest absolute Gasteiger partial charge is 0.253 e. The van der Waals surface area contributed by atoms with E-state index in [2.05, 4.69) is 15.5 Å². The van der Waals surface area contributed by atoms with Crippen LogP contribution in [0.25, 0.3) is 10.9 Å². The van der Waals surface area contributed by atoms with Crippen molar-refractivity contribution in [3.8, 4) is 0 Å². The Morgan fingerprint density at radius 1 is 1.07 bits per heavy atom. The van der Waals surface area contributed by atoms with Gasteiger partial charge in [0.25, 0.3) is 5.91 Å². The topological polar surface area (TPSA) is 115 Å². The van der Waals surface area contributed by atoms with Gasteiger partial charge in [0, 0.05) is 29.7 Å². The summed E-state index contributed by atoms with van der Waals surface area (Å²) in [7, 11) is 0. The lowest BCUT2D eigenvalue weighted by atomic mass is 9.72. The minimum Gasteiger partial charge on any atom is -0.339 e. The highest BCUT2D eigenvalue weighted by Crippen LogP contribution is 2.49. The summed E-state index contributed by atoms with van der Waals surface area (Å²) in [6.07, 6.45) is 7.64. The van der Waals surface area contributed by atoms with E-state index in [9.17, 15) is 19.2 Å². The first-order valence-corrected chi connectivity index (χ1v) is 14.5. The number of piperidine rings is 1. The number of aldehydes is 1. The summed E-state index contributed by atoms with van der Waals surface area (Å²) in [4.78, 5) is 57.0. The molecule has 7 rings (SSSR count). The summed E-state index contributed by atoms with van der Waals surface area (Å²) < 4.78 is 0. The molecule has 1 aliphatic carbocycles. The molecule has 0 radical (unpaired) electrons. The van der Waals surface area contributed by atoms with Gasteiger partial charge in [-0.1, -0.05) is 48.6 Å². The number of H-pyrrole nitrogens is 1. The van der Waals surface area contributed by atoms with E-state index in [1.54, 1.807) is 28.1 Å². The van der Waals surface area contributed by atoms with Crippen molar-refractivity contribution < 1.29 is 19.2 Å². The second-order valence-electron chi connectivity index (χ2n) is 11.7. The van der Waals surface area contributed by atoms with Crippen molar-refractivity contribution in [2.75, 3.05) is 24.5 Å². The molecule has 9 heteroatoms. The van der Waals surface area contributed by atoms with E-state index in [4.69, 9.17) is 0 Å². The third-order valence-electron chi connectivity index (χ3n) is 9.28. The number of rotatable bonds is 5. The number of likely N-dealkylation sites (tertiary alicyclic amines) is 1. The number of allylic oxidation sites excluding steroid dienone is 1. The van der Waals surface area contributed by atoms with Crippen molar-refractivity contribution in [1.82, 2.24) is 20.4 Å². The van der Waals surface area contributed by atoms with Crippen LogP contribution in [0.15, 0.2) is 79.0 Å². The van der Waals surface area contributed by atoms with Crippen LogP contribution >= 0.6 is 0 Å². The molecule has 2 aliphatic heterocycles. The minimum atomic E-state index is -1.28. The zero-order valence-corrected chi connectivity index (χ0v) is 23.8. The van der Waals surface area contributed by atoms with E-state index in [-0.39, 0.29) is 18.4 Å². The van der Waals surface area contributed by atoms with E-state index in [0.29, 0.717) is 43.6 Å². The van der Waals surface area contributed by atoms with Crippen LogP contribution in [0.3, 0.4) is 0 Å². The second kappa shape index (κ2) is 10.0. The molecular formula is C34H31N5O4. The highest BCUT2D eigenvalue weighted by atomic mass is 16.2. The number of fused-ring (bicyclic) bond motifs is 4. The fourth-order valence-electron chi connectivity index (χ4n) is 7.16. The van der Waals surface area contributed by atoms with Gasteiger partial charge < -0.3 is 15.1 Å². The molecule has 0 saturated carbocycles. The monoisotopic (exact) mass is 573 g/mol. The maximum atomic E-state index is 14.3. The van der Waals surface area contributed by atoms with E-state index in [1.165, 1.54) is 0 Å². The van der Waals surface area contributed by atoms with Gasteiger partial charge in [-0.3, -0.25) is 24.3 Å². The molecule has 1 atom stereocenters. The zero-order valence-electron chi connectivity index (χ0n) is 23.8. The second-order valence-corrected chi connectivity index (χ2v) is 11.7. The molecular weight excluding hydrogens is 542 g/mol. The number of anilines is 1. The molecule has 216 valence electrons. The summed E-state index contributed by atoms with van der Waals surface area (Å²) in [5, 5.41) is 10.7. The molecule has 1 unspecified atom stereocenters. The van der Waals surface area contributed by atoms with Gasteiger partial charge in [-0.05, 0) is 72.7 Å².